The molecule has 0 aliphatic heterocycles. The lowest BCUT2D eigenvalue weighted by Gasteiger charge is -2.08. The summed E-state index contributed by atoms with van der Waals surface area (Å²) < 4.78 is 16.0. The summed E-state index contributed by atoms with van der Waals surface area (Å²) in [5, 5.41) is 9.41. The molecule has 28 heavy (non-hydrogen) atoms. The summed E-state index contributed by atoms with van der Waals surface area (Å²) in [5.74, 6) is 2.13. The SMILES string of the molecule is COc1ccc(-c2nc(NC(=O)COc3ccc(C)c(C)c3)n[nH]2)cc1OC. The van der Waals surface area contributed by atoms with Crippen molar-refractivity contribution in [2.75, 3.05) is 26.1 Å². The first kappa shape index (κ1) is 19.2. The topological polar surface area (TPSA) is 98.4 Å². The molecule has 2 aromatic carbocycles. The van der Waals surface area contributed by atoms with Crippen molar-refractivity contribution in [2.45, 2.75) is 13.8 Å². The second-order valence-electron chi connectivity index (χ2n) is 6.16. The van der Waals surface area contributed by atoms with E-state index in [1.165, 1.54) is 5.56 Å². The van der Waals surface area contributed by atoms with E-state index in [9.17, 15) is 4.79 Å². The summed E-state index contributed by atoms with van der Waals surface area (Å²) in [5.41, 5.74) is 3.02. The molecular weight excluding hydrogens is 360 g/mol. The molecule has 1 amide bonds. The number of benzene rings is 2. The molecule has 8 nitrogen and oxygen atoms in total. The zero-order valence-electron chi connectivity index (χ0n) is 16.2. The molecule has 2 N–H and O–H groups in total. The lowest BCUT2D eigenvalue weighted by Crippen LogP contribution is -2.20. The van der Waals surface area contributed by atoms with Crippen LogP contribution in [0.3, 0.4) is 0 Å². The van der Waals surface area contributed by atoms with Crippen LogP contribution in [0, 0.1) is 13.8 Å². The number of aromatic amines is 1. The Hall–Kier alpha value is -3.55. The summed E-state index contributed by atoms with van der Waals surface area (Å²) >= 11 is 0. The van der Waals surface area contributed by atoms with Crippen molar-refractivity contribution in [2.24, 2.45) is 0 Å². The number of aromatic nitrogens is 3. The highest BCUT2D eigenvalue weighted by atomic mass is 16.5. The monoisotopic (exact) mass is 382 g/mol. The van der Waals surface area contributed by atoms with Gasteiger partial charge in [-0.05, 0) is 55.3 Å². The third kappa shape index (κ3) is 4.40. The highest BCUT2D eigenvalue weighted by molar-refractivity contribution is 5.90. The molecule has 3 aromatic rings. The first-order valence-corrected chi connectivity index (χ1v) is 8.65. The number of methoxy groups -OCH3 is 2. The molecule has 146 valence electrons. The molecule has 0 atom stereocenters. The zero-order chi connectivity index (χ0) is 20.1. The Morgan fingerprint density at radius 2 is 1.82 bits per heavy atom. The smallest absolute Gasteiger partial charge is 0.264 e. The maximum Gasteiger partial charge on any atom is 0.264 e. The van der Waals surface area contributed by atoms with Crippen molar-refractivity contribution in [3.8, 4) is 28.6 Å². The molecule has 0 bridgehead atoms. The Morgan fingerprint density at radius 3 is 2.54 bits per heavy atom. The number of hydrogen-bond acceptors (Lipinski definition) is 6. The van der Waals surface area contributed by atoms with Crippen molar-refractivity contribution >= 4 is 11.9 Å². The van der Waals surface area contributed by atoms with Gasteiger partial charge in [0, 0.05) is 5.56 Å². The van der Waals surface area contributed by atoms with Gasteiger partial charge in [0.1, 0.15) is 5.75 Å². The highest BCUT2D eigenvalue weighted by Crippen LogP contribution is 2.31. The summed E-state index contributed by atoms with van der Waals surface area (Å²) in [7, 11) is 3.13. The number of anilines is 1. The molecular formula is C20H22N4O4. The number of nitrogens with one attached hydrogen (secondary N) is 2. The fourth-order valence-electron chi connectivity index (χ4n) is 2.54. The van der Waals surface area contributed by atoms with Crippen LogP contribution in [0.15, 0.2) is 36.4 Å². The number of aryl methyl sites for hydroxylation is 2. The predicted octanol–water partition coefficient (Wildman–Crippen LogP) is 3.12. The fourth-order valence-corrected chi connectivity index (χ4v) is 2.54. The average molecular weight is 382 g/mol. The molecule has 0 saturated heterocycles. The van der Waals surface area contributed by atoms with Crippen LogP contribution in [0.25, 0.3) is 11.4 Å². The van der Waals surface area contributed by atoms with Gasteiger partial charge in [-0.1, -0.05) is 6.07 Å². The normalized spacial score (nSPS) is 10.4. The van der Waals surface area contributed by atoms with Gasteiger partial charge in [0.15, 0.2) is 23.9 Å². The van der Waals surface area contributed by atoms with Crippen LogP contribution in [0.2, 0.25) is 0 Å². The van der Waals surface area contributed by atoms with Gasteiger partial charge in [-0.25, -0.2) is 0 Å². The van der Waals surface area contributed by atoms with E-state index in [1.807, 2.05) is 38.1 Å². The minimum absolute atomic E-state index is 0.136. The molecule has 0 saturated carbocycles. The maximum atomic E-state index is 12.1. The number of H-pyrrole nitrogens is 1. The Labute approximate surface area is 162 Å². The van der Waals surface area contributed by atoms with E-state index >= 15 is 0 Å². The number of amides is 1. The van der Waals surface area contributed by atoms with Gasteiger partial charge in [0.2, 0.25) is 5.95 Å². The van der Waals surface area contributed by atoms with Crippen LogP contribution >= 0.6 is 0 Å². The number of ether oxygens (including phenoxy) is 3. The maximum absolute atomic E-state index is 12.1. The third-order valence-electron chi connectivity index (χ3n) is 4.24. The van der Waals surface area contributed by atoms with E-state index < -0.39 is 0 Å². The van der Waals surface area contributed by atoms with Gasteiger partial charge in [-0.2, -0.15) is 4.98 Å². The molecule has 3 rings (SSSR count). The zero-order valence-corrected chi connectivity index (χ0v) is 16.2. The van der Waals surface area contributed by atoms with Crippen molar-refractivity contribution in [1.29, 1.82) is 0 Å². The predicted molar refractivity (Wildman–Crippen MR) is 105 cm³/mol. The fraction of sp³-hybridized carbons (Fsp3) is 0.250. The van der Waals surface area contributed by atoms with Gasteiger partial charge >= 0.3 is 0 Å². The number of hydrogen-bond donors (Lipinski definition) is 2. The van der Waals surface area contributed by atoms with Crippen molar-refractivity contribution in [1.82, 2.24) is 15.2 Å². The van der Waals surface area contributed by atoms with Gasteiger partial charge in [0.05, 0.1) is 14.2 Å². The van der Waals surface area contributed by atoms with Crippen LogP contribution in [0.5, 0.6) is 17.2 Å². The van der Waals surface area contributed by atoms with Crippen molar-refractivity contribution in [3.63, 3.8) is 0 Å². The van der Waals surface area contributed by atoms with E-state index in [4.69, 9.17) is 14.2 Å². The lowest BCUT2D eigenvalue weighted by atomic mass is 10.1. The molecule has 0 unspecified atom stereocenters. The van der Waals surface area contributed by atoms with Gasteiger partial charge < -0.3 is 14.2 Å². The van der Waals surface area contributed by atoms with E-state index in [1.54, 1.807) is 26.4 Å². The summed E-state index contributed by atoms with van der Waals surface area (Å²) in [6.07, 6.45) is 0. The average Bonchev–Trinajstić information content (AvgIpc) is 3.16. The third-order valence-corrected chi connectivity index (χ3v) is 4.24. The minimum Gasteiger partial charge on any atom is -0.493 e. The molecule has 1 heterocycles. The Balaban J connectivity index is 1.62. The van der Waals surface area contributed by atoms with E-state index in [-0.39, 0.29) is 18.5 Å². The van der Waals surface area contributed by atoms with Crippen LogP contribution in [-0.2, 0) is 4.79 Å². The summed E-state index contributed by atoms with van der Waals surface area (Å²) in [6.45, 7) is 3.87. The highest BCUT2D eigenvalue weighted by Gasteiger charge is 2.12. The standard InChI is InChI=1S/C20H22N4O4/c1-12-5-7-15(9-13(12)2)28-11-18(25)21-20-22-19(23-24-20)14-6-8-16(26-3)17(10-14)27-4/h5-10H,11H2,1-4H3,(H2,21,22,23,24,25). The summed E-state index contributed by atoms with van der Waals surface area (Å²) in [4.78, 5) is 16.4. The Bertz CT molecular complexity index is 984. The first-order valence-electron chi connectivity index (χ1n) is 8.65. The van der Waals surface area contributed by atoms with Gasteiger partial charge in [-0.15, -0.1) is 5.10 Å². The molecule has 0 aliphatic rings. The molecule has 0 radical (unpaired) electrons. The molecule has 8 heteroatoms. The minimum atomic E-state index is -0.351. The van der Waals surface area contributed by atoms with Crippen LogP contribution in [0.4, 0.5) is 5.95 Å². The van der Waals surface area contributed by atoms with Crippen LogP contribution < -0.4 is 19.5 Å². The Morgan fingerprint density at radius 1 is 1.04 bits per heavy atom. The van der Waals surface area contributed by atoms with E-state index in [2.05, 4.69) is 20.5 Å². The quantitative estimate of drug-likeness (QED) is 0.651. The second kappa shape index (κ2) is 8.43. The molecule has 0 aliphatic carbocycles. The summed E-state index contributed by atoms with van der Waals surface area (Å²) in [6, 6.07) is 11.0. The largest absolute Gasteiger partial charge is 0.493 e. The van der Waals surface area contributed by atoms with Crippen LogP contribution in [-0.4, -0.2) is 41.9 Å². The first-order chi connectivity index (χ1) is 13.5. The Kier molecular flexibility index (Phi) is 5.78. The molecule has 1 aromatic heterocycles. The van der Waals surface area contributed by atoms with E-state index in [0.717, 1.165) is 11.1 Å². The van der Waals surface area contributed by atoms with Gasteiger partial charge in [-0.3, -0.25) is 15.2 Å². The van der Waals surface area contributed by atoms with E-state index in [0.29, 0.717) is 23.1 Å². The number of nitrogens with zero attached hydrogens (tertiary/aromatic N) is 2. The van der Waals surface area contributed by atoms with Crippen molar-refractivity contribution in [3.05, 3.63) is 47.5 Å². The lowest BCUT2D eigenvalue weighted by molar-refractivity contribution is -0.118. The second-order valence-corrected chi connectivity index (χ2v) is 6.16. The number of rotatable bonds is 7. The van der Waals surface area contributed by atoms with Crippen LogP contribution in [0.1, 0.15) is 11.1 Å². The van der Waals surface area contributed by atoms with Crippen molar-refractivity contribution < 1.29 is 19.0 Å². The number of carbonyl (C=O) groups is 1. The van der Waals surface area contributed by atoms with Gasteiger partial charge in [0.25, 0.3) is 5.91 Å². The molecule has 0 fully saturated rings. The molecule has 0 spiro atoms. The number of carbonyl (C=O) groups excluding carboxylic acids is 1.